The van der Waals surface area contributed by atoms with Gasteiger partial charge in [0, 0.05) is 11.5 Å². The van der Waals surface area contributed by atoms with Crippen LogP contribution in [-0.4, -0.2) is 62.8 Å². The van der Waals surface area contributed by atoms with E-state index < -0.39 is 24.0 Å². The Hall–Kier alpha value is 0.0795. The molecule has 0 radical (unpaired) electrons. The van der Waals surface area contributed by atoms with E-state index in [1.165, 1.54) is 0 Å². The van der Waals surface area contributed by atoms with Gasteiger partial charge in [0.05, 0.1) is 0 Å². The first-order chi connectivity index (χ1) is 6.36. The van der Waals surface area contributed by atoms with Crippen LogP contribution < -0.4 is 11.5 Å². The summed E-state index contributed by atoms with van der Waals surface area (Å²) in [5.41, 5.74) is 9.88. The van der Waals surface area contributed by atoms with Gasteiger partial charge in [-0.15, -0.1) is 0 Å². The molecule has 0 aromatic heterocycles. The number of nitrogens with two attached hydrogens (primary N) is 2. The molecule has 0 aliphatic rings. The zero-order chi connectivity index (χ0) is 11.7. The molecule has 0 amide bonds. The Bertz CT molecular complexity index is 176. The summed E-state index contributed by atoms with van der Waals surface area (Å²) in [5.74, 6) is -1.63. The van der Waals surface area contributed by atoms with Gasteiger partial charge in [-0.3, -0.25) is 9.59 Å². The van der Waals surface area contributed by atoms with E-state index in [4.69, 9.17) is 21.7 Å². The number of carbonyl (C=O) groups is 2. The van der Waals surface area contributed by atoms with Crippen molar-refractivity contribution in [1.82, 2.24) is 0 Å². The molecule has 2 atom stereocenters. The van der Waals surface area contributed by atoms with Crippen molar-refractivity contribution in [2.45, 2.75) is 12.1 Å². The van der Waals surface area contributed by atoms with Gasteiger partial charge in [-0.25, -0.2) is 0 Å². The molecular weight excluding hydrogens is 307 g/mol. The summed E-state index contributed by atoms with van der Waals surface area (Å²) < 4.78 is 0. The van der Waals surface area contributed by atoms with E-state index in [-0.39, 0.29) is 28.6 Å². The van der Waals surface area contributed by atoms with E-state index in [0.717, 1.165) is 0 Å². The molecule has 0 aliphatic carbocycles. The third-order valence-electron chi connectivity index (χ3n) is 1.03. The second-order valence-corrected chi connectivity index (χ2v) is 2.98. The molecule has 0 saturated heterocycles. The van der Waals surface area contributed by atoms with E-state index in [0.29, 0.717) is 0 Å². The van der Waals surface area contributed by atoms with Gasteiger partial charge in [0.15, 0.2) is 0 Å². The predicted molar refractivity (Wildman–Crippen MR) is 67.5 cm³/mol. The standard InChI is InChI=1S/2C3H7NO2S.H2Se/c2*4-2(1-7)3(5)6;/h2*2,7H,1,4H2,(H,5,6);1H2. The molecule has 0 rings (SSSR count). The molecule has 2 unspecified atom stereocenters. The van der Waals surface area contributed by atoms with Gasteiger partial charge in [-0.1, -0.05) is 0 Å². The number of carboxylic acids is 2. The van der Waals surface area contributed by atoms with Crippen LogP contribution in [0.2, 0.25) is 0 Å². The third kappa shape index (κ3) is 14.1. The number of thiol groups is 2. The minimum absolute atomic E-state index is 0. The quantitative estimate of drug-likeness (QED) is 0.256. The molecule has 0 aliphatic heterocycles. The van der Waals surface area contributed by atoms with Crippen LogP contribution in [0.4, 0.5) is 0 Å². The average molecular weight is 323 g/mol. The fourth-order valence-electron chi connectivity index (χ4n) is 0.156. The second kappa shape index (κ2) is 12.2. The van der Waals surface area contributed by atoms with Gasteiger partial charge in [0.2, 0.25) is 0 Å². The van der Waals surface area contributed by atoms with Crippen LogP contribution >= 0.6 is 25.3 Å². The van der Waals surface area contributed by atoms with E-state index in [1.54, 1.807) is 0 Å². The topological polar surface area (TPSA) is 127 Å². The average Bonchev–Trinajstić information content (AvgIpc) is 2.15. The summed E-state index contributed by atoms with van der Waals surface area (Å²) in [6, 6.07) is -1.63. The SMILES string of the molecule is NC(CS)C(=O)O.NC(CS)C(=O)O.[SeH2]. The summed E-state index contributed by atoms with van der Waals surface area (Å²) in [6.45, 7) is 0. The number of hydrogen-bond donors (Lipinski definition) is 6. The molecule has 92 valence electrons. The summed E-state index contributed by atoms with van der Waals surface area (Å²) in [4.78, 5) is 19.5. The summed E-state index contributed by atoms with van der Waals surface area (Å²) in [5, 5.41) is 16.0. The molecule has 0 saturated carbocycles. The number of carboxylic acid groups (broad SMARTS) is 2. The van der Waals surface area contributed by atoms with Crippen molar-refractivity contribution in [3.8, 4) is 0 Å². The molecule has 6 nitrogen and oxygen atoms in total. The minimum atomic E-state index is -1.00. The van der Waals surface area contributed by atoms with Crippen molar-refractivity contribution >= 4 is 54.3 Å². The summed E-state index contributed by atoms with van der Waals surface area (Å²) in [6.07, 6.45) is 0. The van der Waals surface area contributed by atoms with Crippen LogP contribution in [0.25, 0.3) is 0 Å². The Labute approximate surface area is 109 Å². The van der Waals surface area contributed by atoms with Crippen LogP contribution in [-0.2, 0) is 9.59 Å². The summed E-state index contributed by atoms with van der Waals surface area (Å²) >= 11 is 7.30. The molecular formula is C6H16N2O4S2Se. The zero-order valence-corrected chi connectivity index (χ0v) is 11.7. The van der Waals surface area contributed by atoms with Gasteiger partial charge in [-0.2, -0.15) is 25.3 Å². The van der Waals surface area contributed by atoms with Gasteiger partial charge in [0.1, 0.15) is 12.1 Å². The van der Waals surface area contributed by atoms with Crippen molar-refractivity contribution in [2.24, 2.45) is 11.5 Å². The van der Waals surface area contributed by atoms with Crippen molar-refractivity contribution in [3.05, 3.63) is 0 Å². The van der Waals surface area contributed by atoms with E-state index in [2.05, 4.69) is 25.3 Å². The Balaban J connectivity index is -0.000000180. The molecule has 0 spiro atoms. The van der Waals surface area contributed by atoms with Crippen molar-refractivity contribution in [1.29, 1.82) is 0 Å². The second-order valence-electron chi connectivity index (χ2n) is 2.25. The predicted octanol–water partition coefficient (Wildman–Crippen LogP) is -2.26. The normalized spacial score (nSPS) is 12.5. The fraction of sp³-hybridized carbons (Fsp3) is 0.667. The molecule has 6 N–H and O–H groups in total. The molecule has 0 aromatic carbocycles. The van der Waals surface area contributed by atoms with Crippen LogP contribution in [0.15, 0.2) is 0 Å². The maximum atomic E-state index is 9.76. The van der Waals surface area contributed by atoms with Crippen LogP contribution in [0.5, 0.6) is 0 Å². The number of hydrogen-bond acceptors (Lipinski definition) is 6. The first-order valence-corrected chi connectivity index (χ1v) is 4.81. The molecule has 0 aromatic rings. The Kier molecular flexibility index (Phi) is 16.6. The van der Waals surface area contributed by atoms with Crippen LogP contribution in [0, 0.1) is 0 Å². The van der Waals surface area contributed by atoms with Gasteiger partial charge in [-0.05, 0) is 0 Å². The van der Waals surface area contributed by atoms with Gasteiger partial charge < -0.3 is 21.7 Å². The van der Waals surface area contributed by atoms with Crippen LogP contribution in [0.1, 0.15) is 0 Å². The Morgan fingerprint density at radius 1 is 1.00 bits per heavy atom. The van der Waals surface area contributed by atoms with Crippen LogP contribution in [0.3, 0.4) is 0 Å². The first kappa shape index (κ1) is 20.5. The summed E-state index contributed by atoms with van der Waals surface area (Å²) in [7, 11) is 0. The Morgan fingerprint density at radius 2 is 1.20 bits per heavy atom. The van der Waals surface area contributed by atoms with E-state index in [9.17, 15) is 9.59 Å². The zero-order valence-electron chi connectivity index (χ0n) is 7.83. The monoisotopic (exact) mass is 324 g/mol. The van der Waals surface area contributed by atoms with Gasteiger partial charge in [0.25, 0.3) is 0 Å². The number of rotatable bonds is 4. The van der Waals surface area contributed by atoms with E-state index in [1.807, 2.05) is 0 Å². The molecule has 0 bridgehead atoms. The molecule has 15 heavy (non-hydrogen) atoms. The van der Waals surface area contributed by atoms with Crippen molar-refractivity contribution in [3.63, 3.8) is 0 Å². The molecule has 0 fully saturated rings. The maximum absolute atomic E-state index is 9.76. The first-order valence-electron chi connectivity index (χ1n) is 3.55. The molecule has 9 heteroatoms. The van der Waals surface area contributed by atoms with Crippen molar-refractivity contribution < 1.29 is 19.8 Å². The van der Waals surface area contributed by atoms with Gasteiger partial charge >= 0.3 is 29.0 Å². The van der Waals surface area contributed by atoms with Crippen molar-refractivity contribution in [2.75, 3.05) is 11.5 Å². The van der Waals surface area contributed by atoms with E-state index >= 15 is 0 Å². The molecule has 0 heterocycles. The fourth-order valence-corrected chi connectivity index (χ4v) is 0.469. The third-order valence-corrected chi connectivity index (χ3v) is 1.81. The number of aliphatic carboxylic acids is 2. The Morgan fingerprint density at radius 3 is 1.20 bits per heavy atom.